The van der Waals surface area contributed by atoms with Crippen molar-refractivity contribution in [3.8, 4) is 17.0 Å². The summed E-state index contributed by atoms with van der Waals surface area (Å²) in [4.78, 5) is 10.8. The summed E-state index contributed by atoms with van der Waals surface area (Å²) in [5, 5.41) is 5.70. The molecule has 7 nitrogen and oxygen atoms in total. The van der Waals surface area contributed by atoms with Gasteiger partial charge in [-0.2, -0.15) is 5.10 Å². The zero-order chi connectivity index (χ0) is 24.4. The number of nitrogens with one attached hydrogen (secondary N) is 1. The molecule has 188 valence electrons. The Morgan fingerprint density at radius 3 is 2.61 bits per heavy atom. The predicted molar refractivity (Wildman–Crippen MR) is 141 cm³/mol. The summed E-state index contributed by atoms with van der Waals surface area (Å²) in [6.07, 6.45) is 8.80. The van der Waals surface area contributed by atoms with Crippen LogP contribution in [0.4, 0.5) is 0 Å². The number of ether oxygens (including phenoxy) is 2. The summed E-state index contributed by atoms with van der Waals surface area (Å²) < 4.78 is 12.9. The van der Waals surface area contributed by atoms with Crippen molar-refractivity contribution in [1.82, 2.24) is 24.5 Å². The molecule has 0 bridgehead atoms. The maximum atomic E-state index is 5.63. The summed E-state index contributed by atoms with van der Waals surface area (Å²) in [5.74, 6) is 1.76. The molecule has 1 aliphatic carbocycles. The molecule has 5 heterocycles. The number of H-pyrrole nitrogens is 1. The molecule has 3 fully saturated rings. The van der Waals surface area contributed by atoms with Crippen LogP contribution in [0.25, 0.3) is 27.8 Å². The molecule has 0 amide bonds. The minimum absolute atomic E-state index is 0.381. The minimum Gasteiger partial charge on any atom is -0.493 e. The highest BCUT2D eigenvalue weighted by atomic mass is 16.5. The zero-order valence-electron chi connectivity index (χ0n) is 21.5. The number of benzene rings is 1. The monoisotopic (exact) mass is 485 g/mol. The molecular formula is C29H35N5O2. The van der Waals surface area contributed by atoms with Crippen LogP contribution in [0, 0.1) is 5.41 Å². The highest BCUT2D eigenvalue weighted by molar-refractivity contribution is 5.92. The van der Waals surface area contributed by atoms with E-state index in [1.54, 1.807) is 18.0 Å². The highest BCUT2D eigenvalue weighted by Gasteiger charge is 2.50. The molecule has 0 radical (unpaired) electrons. The van der Waals surface area contributed by atoms with Gasteiger partial charge in [0.1, 0.15) is 6.33 Å². The van der Waals surface area contributed by atoms with Gasteiger partial charge in [0.05, 0.1) is 26.0 Å². The first-order valence-electron chi connectivity index (χ1n) is 13.4. The van der Waals surface area contributed by atoms with Crippen molar-refractivity contribution in [3.05, 3.63) is 47.9 Å². The third-order valence-corrected chi connectivity index (χ3v) is 8.87. The van der Waals surface area contributed by atoms with Gasteiger partial charge in [0.2, 0.25) is 0 Å². The molecule has 0 unspecified atom stereocenters. The second kappa shape index (κ2) is 8.32. The number of hydrogen-bond donors (Lipinski definition) is 1. The molecule has 2 aliphatic heterocycles. The summed E-state index contributed by atoms with van der Waals surface area (Å²) in [5.41, 5.74) is 7.50. The Bertz CT molecular complexity index is 1420. The van der Waals surface area contributed by atoms with Crippen LogP contribution in [-0.2, 0) is 4.74 Å². The minimum atomic E-state index is 0.381. The normalized spacial score (nSPS) is 23.9. The van der Waals surface area contributed by atoms with Crippen LogP contribution in [0.3, 0.4) is 0 Å². The van der Waals surface area contributed by atoms with E-state index in [2.05, 4.69) is 58.1 Å². The van der Waals surface area contributed by atoms with Gasteiger partial charge >= 0.3 is 0 Å². The van der Waals surface area contributed by atoms with Crippen LogP contribution < -0.4 is 4.74 Å². The van der Waals surface area contributed by atoms with Crippen molar-refractivity contribution < 1.29 is 9.47 Å². The van der Waals surface area contributed by atoms with E-state index in [4.69, 9.17) is 9.47 Å². The Balaban J connectivity index is 1.17. The van der Waals surface area contributed by atoms with Gasteiger partial charge in [0, 0.05) is 47.2 Å². The van der Waals surface area contributed by atoms with Crippen LogP contribution in [0.2, 0.25) is 0 Å². The van der Waals surface area contributed by atoms with Gasteiger partial charge in [-0.3, -0.25) is 4.90 Å². The van der Waals surface area contributed by atoms with Crippen LogP contribution in [-0.4, -0.2) is 63.9 Å². The number of pyridine rings is 1. The fourth-order valence-electron chi connectivity index (χ4n) is 6.92. The summed E-state index contributed by atoms with van der Waals surface area (Å²) in [6.45, 7) is 9.03. The SMILES string of the molecule is COc1cc(-c2[nH]c3ccc(C4CCC(N5CC6(COC6)C5)CC4)cc3c2C(C)C)cn2ncnc12. The van der Waals surface area contributed by atoms with Gasteiger partial charge < -0.3 is 14.5 Å². The fraction of sp³-hybridized carbons (Fsp3) is 0.517. The number of fused-ring (bicyclic) bond motifs is 2. The molecule has 1 N–H and O–H groups in total. The maximum Gasteiger partial charge on any atom is 0.197 e. The fourth-order valence-corrected chi connectivity index (χ4v) is 6.92. The molecule has 4 aromatic rings. The average Bonchev–Trinajstić information content (AvgIpc) is 3.46. The standard InChI is InChI=1S/C29H35N5O2/c1-18(2)26-23-10-20(19-4-7-22(8-5-19)33-13-29(14-33)15-36-16-29)6-9-24(23)32-27(26)21-11-25(35-3)28-30-17-31-34(28)12-21/h6,9-12,17-19,22,32H,4-5,7-8,13-16H2,1-3H3. The number of rotatable bonds is 5. The lowest BCUT2D eigenvalue weighted by molar-refractivity contribution is -0.200. The molecule has 1 aromatic carbocycles. The van der Waals surface area contributed by atoms with Crippen molar-refractivity contribution in [2.24, 2.45) is 5.41 Å². The lowest BCUT2D eigenvalue weighted by atomic mass is 9.74. The molecule has 3 aromatic heterocycles. The molecule has 2 saturated heterocycles. The average molecular weight is 486 g/mol. The molecule has 7 rings (SSSR count). The van der Waals surface area contributed by atoms with Crippen LogP contribution in [0.1, 0.15) is 62.5 Å². The van der Waals surface area contributed by atoms with E-state index < -0.39 is 0 Å². The molecular weight excluding hydrogens is 450 g/mol. The number of aromatic nitrogens is 4. The van der Waals surface area contributed by atoms with Crippen molar-refractivity contribution in [2.75, 3.05) is 33.4 Å². The first kappa shape index (κ1) is 22.3. The first-order chi connectivity index (χ1) is 17.5. The predicted octanol–water partition coefficient (Wildman–Crippen LogP) is 5.37. The molecule has 1 saturated carbocycles. The third kappa shape index (κ3) is 3.47. The number of likely N-dealkylation sites (tertiary alicyclic amines) is 1. The van der Waals surface area contributed by atoms with Gasteiger partial charge in [-0.1, -0.05) is 19.9 Å². The Morgan fingerprint density at radius 1 is 1.11 bits per heavy atom. The van der Waals surface area contributed by atoms with Gasteiger partial charge in [-0.25, -0.2) is 9.50 Å². The quantitative estimate of drug-likeness (QED) is 0.412. The Labute approximate surface area is 211 Å². The second-order valence-corrected chi connectivity index (χ2v) is 11.6. The van der Waals surface area contributed by atoms with Gasteiger partial charge in [0.25, 0.3) is 0 Å². The van der Waals surface area contributed by atoms with Crippen molar-refractivity contribution in [2.45, 2.75) is 57.4 Å². The number of aromatic amines is 1. The Kier molecular flexibility index (Phi) is 5.15. The number of hydrogen-bond acceptors (Lipinski definition) is 5. The van der Waals surface area contributed by atoms with Crippen molar-refractivity contribution in [3.63, 3.8) is 0 Å². The lowest BCUT2D eigenvalue weighted by Crippen LogP contribution is -2.68. The highest BCUT2D eigenvalue weighted by Crippen LogP contribution is 2.44. The zero-order valence-corrected chi connectivity index (χ0v) is 21.5. The number of nitrogens with zero attached hydrogens (tertiary/aromatic N) is 4. The van der Waals surface area contributed by atoms with Gasteiger partial charge in [-0.05, 0) is 66.8 Å². The van der Waals surface area contributed by atoms with E-state index in [0.29, 0.717) is 17.3 Å². The summed E-state index contributed by atoms with van der Waals surface area (Å²) >= 11 is 0. The van der Waals surface area contributed by atoms with E-state index in [1.807, 2.05) is 6.20 Å². The summed E-state index contributed by atoms with van der Waals surface area (Å²) in [6, 6.07) is 9.93. The summed E-state index contributed by atoms with van der Waals surface area (Å²) in [7, 11) is 1.69. The van der Waals surface area contributed by atoms with Crippen LogP contribution in [0.15, 0.2) is 36.8 Å². The van der Waals surface area contributed by atoms with E-state index in [0.717, 1.165) is 41.9 Å². The Hall–Kier alpha value is -2.90. The van der Waals surface area contributed by atoms with Crippen LogP contribution in [0.5, 0.6) is 5.75 Å². The van der Waals surface area contributed by atoms with Crippen LogP contribution >= 0.6 is 0 Å². The third-order valence-electron chi connectivity index (χ3n) is 8.87. The smallest absolute Gasteiger partial charge is 0.197 e. The molecule has 3 aliphatic rings. The van der Waals surface area contributed by atoms with E-state index in [1.165, 1.54) is 60.8 Å². The van der Waals surface area contributed by atoms with Gasteiger partial charge in [-0.15, -0.1) is 0 Å². The maximum absolute atomic E-state index is 5.63. The van der Waals surface area contributed by atoms with Gasteiger partial charge in [0.15, 0.2) is 11.4 Å². The Morgan fingerprint density at radius 2 is 1.92 bits per heavy atom. The largest absolute Gasteiger partial charge is 0.493 e. The molecule has 0 atom stereocenters. The molecule has 7 heteroatoms. The first-order valence-corrected chi connectivity index (χ1v) is 13.4. The van der Waals surface area contributed by atoms with E-state index in [-0.39, 0.29) is 0 Å². The number of methoxy groups -OCH3 is 1. The topological polar surface area (TPSA) is 67.7 Å². The van der Waals surface area contributed by atoms with Crippen molar-refractivity contribution in [1.29, 1.82) is 0 Å². The van der Waals surface area contributed by atoms with E-state index >= 15 is 0 Å². The lowest BCUT2D eigenvalue weighted by Gasteiger charge is -2.58. The van der Waals surface area contributed by atoms with E-state index in [9.17, 15) is 0 Å². The molecule has 36 heavy (non-hydrogen) atoms. The second-order valence-electron chi connectivity index (χ2n) is 11.6. The van der Waals surface area contributed by atoms with Crippen molar-refractivity contribution >= 4 is 16.6 Å². The molecule has 1 spiro atoms.